The molecule has 1 aromatic rings. The minimum absolute atomic E-state index is 0.294. The molecule has 3 heteroatoms. The molecule has 3 nitrogen and oxygen atoms in total. The summed E-state index contributed by atoms with van der Waals surface area (Å²) in [5.41, 5.74) is 8.23. The Morgan fingerprint density at radius 2 is 2.00 bits per heavy atom. The molecule has 1 heterocycles. The molecular formula is C12H15NO2. The molecule has 1 aliphatic heterocycles. The van der Waals surface area contributed by atoms with E-state index in [-0.39, 0.29) is 5.91 Å². The summed E-state index contributed by atoms with van der Waals surface area (Å²) in [7, 11) is 0. The van der Waals surface area contributed by atoms with Crippen LogP contribution in [0.5, 0.6) is 0 Å². The van der Waals surface area contributed by atoms with Gasteiger partial charge < -0.3 is 10.5 Å². The van der Waals surface area contributed by atoms with Crippen LogP contribution in [0.3, 0.4) is 0 Å². The number of carbonyl (C=O) groups excluding carboxylic acids is 1. The second kappa shape index (κ2) is 3.35. The van der Waals surface area contributed by atoms with Gasteiger partial charge in [0.2, 0.25) is 5.91 Å². The van der Waals surface area contributed by atoms with E-state index in [1.807, 2.05) is 32.0 Å². The summed E-state index contributed by atoms with van der Waals surface area (Å²) >= 11 is 0. The molecule has 0 aromatic heterocycles. The maximum Gasteiger partial charge on any atom is 0.232 e. The summed E-state index contributed by atoms with van der Waals surface area (Å²) in [6.45, 7) is 4.90. The van der Waals surface area contributed by atoms with Crippen LogP contribution in [0, 0.1) is 13.8 Å². The monoisotopic (exact) mass is 205 g/mol. The number of carbonyl (C=O) groups is 1. The molecule has 0 saturated carbocycles. The smallest absolute Gasteiger partial charge is 0.232 e. The fourth-order valence-electron chi connectivity index (χ4n) is 1.80. The number of primary amides is 1. The highest BCUT2D eigenvalue weighted by atomic mass is 16.5. The van der Waals surface area contributed by atoms with E-state index in [9.17, 15) is 4.79 Å². The van der Waals surface area contributed by atoms with Crippen molar-refractivity contribution < 1.29 is 9.53 Å². The van der Waals surface area contributed by atoms with Gasteiger partial charge in [-0.25, -0.2) is 0 Å². The summed E-state index contributed by atoms with van der Waals surface area (Å²) in [5.74, 6) is -0.294. The second-order valence-corrected chi connectivity index (χ2v) is 4.24. The van der Waals surface area contributed by atoms with Gasteiger partial charge >= 0.3 is 0 Å². The lowest BCUT2D eigenvalue weighted by atomic mass is 9.77. The molecule has 2 N–H and O–H groups in total. The van der Waals surface area contributed by atoms with Crippen molar-refractivity contribution in [2.75, 3.05) is 13.2 Å². The van der Waals surface area contributed by atoms with E-state index in [4.69, 9.17) is 10.5 Å². The van der Waals surface area contributed by atoms with Crippen molar-refractivity contribution in [2.24, 2.45) is 5.73 Å². The van der Waals surface area contributed by atoms with Crippen LogP contribution in [-0.4, -0.2) is 19.1 Å². The van der Waals surface area contributed by atoms with Gasteiger partial charge in [-0.15, -0.1) is 0 Å². The first-order chi connectivity index (χ1) is 7.06. The maximum atomic E-state index is 11.4. The van der Waals surface area contributed by atoms with Gasteiger partial charge in [0.1, 0.15) is 5.41 Å². The Bertz CT molecular complexity index is 408. The SMILES string of the molecule is Cc1ccc(C2(C(N)=O)COC2)cc1C. The van der Waals surface area contributed by atoms with Gasteiger partial charge in [-0.05, 0) is 30.5 Å². The average molecular weight is 205 g/mol. The molecule has 0 atom stereocenters. The summed E-state index contributed by atoms with van der Waals surface area (Å²) in [4.78, 5) is 11.4. The van der Waals surface area contributed by atoms with Gasteiger partial charge in [-0.2, -0.15) is 0 Å². The van der Waals surface area contributed by atoms with E-state index in [0.717, 1.165) is 5.56 Å². The predicted octanol–water partition coefficient (Wildman–Crippen LogP) is 1.06. The molecule has 1 saturated heterocycles. The quantitative estimate of drug-likeness (QED) is 0.784. The van der Waals surface area contributed by atoms with Crippen molar-refractivity contribution in [2.45, 2.75) is 19.3 Å². The van der Waals surface area contributed by atoms with Crippen LogP contribution < -0.4 is 5.73 Å². The molecule has 2 rings (SSSR count). The third kappa shape index (κ3) is 1.43. The van der Waals surface area contributed by atoms with Crippen LogP contribution in [0.4, 0.5) is 0 Å². The van der Waals surface area contributed by atoms with E-state index in [1.54, 1.807) is 0 Å². The molecular weight excluding hydrogens is 190 g/mol. The van der Waals surface area contributed by atoms with Crippen LogP contribution in [0.25, 0.3) is 0 Å². The number of amides is 1. The lowest BCUT2D eigenvalue weighted by molar-refractivity contribution is -0.141. The summed E-state index contributed by atoms with van der Waals surface area (Å²) in [6.07, 6.45) is 0. The maximum absolute atomic E-state index is 11.4. The van der Waals surface area contributed by atoms with Crippen molar-refractivity contribution in [1.82, 2.24) is 0 Å². The Hall–Kier alpha value is -1.35. The topological polar surface area (TPSA) is 52.3 Å². The van der Waals surface area contributed by atoms with Gasteiger partial charge in [0.05, 0.1) is 13.2 Å². The van der Waals surface area contributed by atoms with Gasteiger partial charge in [-0.1, -0.05) is 18.2 Å². The number of aryl methyl sites for hydroxylation is 2. The highest BCUT2D eigenvalue weighted by Gasteiger charge is 2.46. The van der Waals surface area contributed by atoms with Gasteiger partial charge in [-0.3, -0.25) is 4.79 Å². The van der Waals surface area contributed by atoms with Gasteiger partial charge in [0.25, 0.3) is 0 Å². The number of rotatable bonds is 2. The van der Waals surface area contributed by atoms with Crippen molar-refractivity contribution in [3.05, 3.63) is 34.9 Å². The Morgan fingerprint density at radius 1 is 1.33 bits per heavy atom. The molecule has 1 fully saturated rings. The largest absolute Gasteiger partial charge is 0.378 e. The minimum Gasteiger partial charge on any atom is -0.378 e. The first kappa shape index (κ1) is 10.2. The van der Waals surface area contributed by atoms with Crippen LogP contribution in [0.1, 0.15) is 16.7 Å². The zero-order valence-corrected chi connectivity index (χ0v) is 9.04. The Kier molecular flexibility index (Phi) is 2.27. The number of hydrogen-bond acceptors (Lipinski definition) is 2. The number of benzene rings is 1. The molecule has 0 aliphatic carbocycles. The molecule has 1 amide bonds. The van der Waals surface area contributed by atoms with Crippen LogP contribution in [-0.2, 0) is 14.9 Å². The highest BCUT2D eigenvalue weighted by molar-refractivity contribution is 5.88. The molecule has 80 valence electrons. The molecule has 1 aromatic carbocycles. The van der Waals surface area contributed by atoms with E-state index < -0.39 is 5.41 Å². The van der Waals surface area contributed by atoms with Crippen LogP contribution in [0.2, 0.25) is 0 Å². The molecule has 0 radical (unpaired) electrons. The zero-order chi connectivity index (χ0) is 11.1. The number of nitrogens with two attached hydrogens (primary N) is 1. The molecule has 0 unspecified atom stereocenters. The van der Waals surface area contributed by atoms with Gasteiger partial charge in [0, 0.05) is 0 Å². The average Bonchev–Trinajstić information content (AvgIpc) is 2.08. The first-order valence-corrected chi connectivity index (χ1v) is 5.02. The minimum atomic E-state index is -0.585. The van der Waals surface area contributed by atoms with Crippen molar-refractivity contribution >= 4 is 5.91 Å². The Balaban J connectivity index is 2.44. The van der Waals surface area contributed by atoms with Crippen LogP contribution >= 0.6 is 0 Å². The number of hydrogen-bond donors (Lipinski definition) is 1. The Labute approximate surface area is 89.2 Å². The molecule has 0 spiro atoms. The first-order valence-electron chi connectivity index (χ1n) is 5.02. The summed E-state index contributed by atoms with van der Waals surface area (Å²) < 4.78 is 5.12. The van der Waals surface area contributed by atoms with Crippen molar-refractivity contribution in [1.29, 1.82) is 0 Å². The number of ether oxygens (including phenoxy) is 1. The third-order valence-corrected chi connectivity index (χ3v) is 3.23. The van der Waals surface area contributed by atoms with E-state index in [0.29, 0.717) is 13.2 Å². The van der Waals surface area contributed by atoms with E-state index in [1.165, 1.54) is 11.1 Å². The molecule has 15 heavy (non-hydrogen) atoms. The van der Waals surface area contributed by atoms with E-state index >= 15 is 0 Å². The van der Waals surface area contributed by atoms with Gasteiger partial charge in [0.15, 0.2) is 0 Å². The second-order valence-electron chi connectivity index (χ2n) is 4.24. The highest BCUT2D eigenvalue weighted by Crippen LogP contribution is 2.32. The Morgan fingerprint density at radius 3 is 2.40 bits per heavy atom. The molecule has 1 aliphatic rings. The predicted molar refractivity (Wildman–Crippen MR) is 57.6 cm³/mol. The fraction of sp³-hybridized carbons (Fsp3) is 0.417. The zero-order valence-electron chi connectivity index (χ0n) is 9.04. The standard InChI is InChI=1S/C12H15NO2/c1-8-3-4-10(5-9(8)2)12(11(13)14)6-15-7-12/h3-5H,6-7H2,1-2H3,(H2,13,14). The lowest BCUT2D eigenvalue weighted by Crippen LogP contribution is -2.56. The van der Waals surface area contributed by atoms with Crippen molar-refractivity contribution in [3.63, 3.8) is 0 Å². The normalized spacial score (nSPS) is 18.3. The lowest BCUT2D eigenvalue weighted by Gasteiger charge is -2.39. The fourth-order valence-corrected chi connectivity index (χ4v) is 1.80. The van der Waals surface area contributed by atoms with E-state index in [2.05, 4.69) is 0 Å². The summed E-state index contributed by atoms with van der Waals surface area (Å²) in [5, 5.41) is 0. The summed E-state index contributed by atoms with van der Waals surface area (Å²) in [6, 6.07) is 6.02. The van der Waals surface area contributed by atoms with Crippen LogP contribution in [0.15, 0.2) is 18.2 Å². The van der Waals surface area contributed by atoms with Crippen molar-refractivity contribution in [3.8, 4) is 0 Å². The third-order valence-electron chi connectivity index (χ3n) is 3.23. The molecule has 0 bridgehead atoms.